The van der Waals surface area contributed by atoms with E-state index in [9.17, 15) is 14.4 Å². The van der Waals surface area contributed by atoms with E-state index < -0.39 is 5.82 Å². The smallest absolute Gasteiger partial charge is 0.321 e. The molecule has 40 heavy (non-hydrogen) atoms. The molecule has 4 aliphatic rings. The number of piperidine rings is 1. The van der Waals surface area contributed by atoms with Crippen molar-refractivity contribution in [3.63, 3.8) is 0 Å². The molecule has 0 bridgehead atoms. The number of rotatable bonds is 6. The first-order chi connectivity index (χ1) is 19.4. The maximum absolute atomic E-state index is 13.8. The van der Waals surface area contributed by atoms with E-state index in [1.807, 2.05) is 12.1 Å². The quantitative estimate of drug-likeness (QED) is 0.392. The molecule has 212 valence electrons. The van der Waals surface area contributed by atoms with Crippen LogP contribution in [-0.4, -0.2) is 47.5 Å². The Morgan fingerprint density at radius 3 is 2.62 bits per heavy atom. The number of nitrogens with one attached hydrogen (secondary N) is 1. The topological polar surface area (TPSA) is 59.4 Å². The molecule has 5 nitrogen and oxygen atoms in total. The number of benzene rings is 2. The summed E-state index contributed by atoms with van der Waals surface area (Å²) in [5, 5.41) is 12.4. The third-order valence-electron chi connectivity index (χ3n) is 10.3. The number of anilines is 1. The fourth-order valence-corrected chi connectivity index (χ4v) is 8.12. The molecule has 2 aromatic rings. The van der Waals surface area contributed by atoms with Crippen LogP contribution >= 0.6 is 11.6 Å². The number of amides is 2. The Bertz CT molecular complexity index is 1270. The van der Waals surface area contributed by atoms with Crippen molar-refractivity contribution >= 4 is 23.3 Å². The zero-order chi connectivity index (χ0) is 27.7. The summed E-state index contributed by atoms with van der Waals surface area (Å²) in [5.41, 5.74) is 2.68. The number of nitriles is 1. The van der Waals surface area contributed by atoms with Gasteiger partial charge in [0.2, 0.25) is 0 Å². The molecule has 2 aromatic carbocycles. The molecule has 2 unspecified atom stereocenters. The van der Waals surface area contributed by atoms with Crippen LogP contribution in [0.2, 0.25) is 5.02 Å². The summed E-state index contributed by atoms with van der Waals surface area (Å²) >= 11 is 6.01. The molecular formula is C33H40ClFN4O. The first kappa shape index (κ1) is 27.5. The highest BCUT2D eigenvalue weighted by molar-refractivity contribution is 6.31. The second kappa shape index (κ2) is 11.7. The Morgan fingerprint density at radius 1 is 1.10 bits per heavy atom. The molecule has 0 radical (unpaired) electrons. The van der Waals surface area contributed by atoms with E-state index >= 15 is 0 Å². The van der Waals surface area contributed by atoms with Crippen LogP contribution in [0.25, 0.3) is 0 Å². The second-order valence-electron chi connectivity index (χ2n) is 12.7. The highest BCUT2D eigenvalue weighted by Gasteiger charge is 2.58. The van der Waals surface area contributed by atoms with Gasteiger partial charge in [-0.25, -0.2) is 9.18 Å². The van der Waals surface area contributed by atoms with E-state index in [2.05, 4.69) is 33.3 Å². The fourth-order valence-electron chi connectivity index (χ4n) is 7.94. The molecule has 6 rings (SSSR count). The van der Waals surface area contributed by atoms with E-state index in [1.54, 1.807) is 6.07 Å². The average Bonchev–Trinajstić information content (AvgIpc) is 3.74. The summed E-state index contributed by atoms with van der Waals surface area (Å²) in [5.74, 6) is 0.531. The van der Waals surface area contributed by atoms with E-state index in [1.165, 1.54) is 49.8 Å². The standard InChI is InChI=1S/C33H40ClFN4O/c34-30-19-27(9-10-31(30)35)37-32(40)39(22-23-12-15-38(16-13-23)28-7-2-1-3-8-28)29-11-14-33(20-26(33)18-29)25-6-4-5-24(17-25)21-36/h4-6,9-10,17,19,23,26,28-29H,1-3,7-8,11-16,18,20,22H2,(H,37,40)/t26?,29?,33-/m1/s1. The number of hydrogen-bond donors (Lipinski definition) is 1. The molecule has 3 saturated carbocycles. The number of urea groups is 1. The molecule has 7 heteroatoms. The Labute approximate surface area is 242 Å². The predicted octanol–water partition coefficient (Wildman–Crippen LogP) is 7.74. The van der Waals surface area contributed by atoms with Crippen molar-refractivity contribution in [2.24, 2.45) is 11.8 Å². The van der Waals surface area contributed by atoms with Gasteiger partial charge < -0.3 is 15.1 Å². The van der Waals surface area contributed by atoms with Gasteiger partial charge in [0, 0.05) is 24.3 Å². The van der Waals surface area contributed by atoms with E-state index in [0.29, 0.717) is 17.5 Å². The Morgan fingerprint density at radius 2 is 1.90 bits per heavy atom. The van der Waals surface area contributed by atoms with Crippen LogP contribution in [0.4, 0.5) is 14.9 Å². The molecule has 3 atom stereocenters. The van der Waals surface area contributed by atoms with Gasteiger partial charge in [-0.1, -0.05) is 43.0 Å². The highest BCUT2D eigenvalue weighted by atomic mass is 35.5. The van der Waals surface area contributed by atoms with Gasteiger partial charge in [-0.05, 0) is 118 Å². The van der Waals surface area contributed by atoms with Crippen LogP contribution in [0, 0.1) is 29.0 Å². The summed E-state index contributed by atoms with van der Waals surface area (Å²) in [7, 11) is 0. The zero-order valence-electron chi connectivity index (χ0n) is 23.3. The lowest BCUT2D eigenvalue weighted by molar-refractivity contribution is 0.0842. The van der Waals surface area contributed by atoms with Crippen molar-refractivity contribution in [3.8, 4) is 6.07 Å². The van der Waals surface area contributed by atoms with Gasteiger partial charge in [0.25, 0.3) is 0 Å². The fraction of sp³-hybridized carbons (Fsp3) is 0.576. The number of hydrogen-bond acceptors (Lipinski definition) is 3. The van der Waals surface area contributed by atoms with Crippen LogP contribution < -0.4 is 5.32 Å². The number of nitrogens with zero attached hydrogens (tertiary/aromatic N) is 3. The van der Waals surface area contributed by atoms with Crippen LogP contribution in [0.3, 0.4) is 0 Å². The minimum absolute atomic E-state index is 0.0134. The minimum atomic E-state index is -0.487. The minimum Gasteiger partial charge on any atom is -0.321 e. The van der Waals surface area contributed by atoms with E-state index in [4.69, 9.17) is 11.6 Å². The molecule has 0 spiro atoms. The SMILES string of the molecule is N#Cc1cccc([C@]23CCC(N(CC4CCN(C5CCCCC5)CC4)C(=O)Nc4ccc(F)c(Cl)c4)CC2C3)c1. The Kier molecular flexibility index (Phi) is 8.06. The highest BCUT2D eigenvalue weighted by Crippen LogP contribution is 2.63. The molecular weight excluding hydrogens is 523 g/mol. The molecule has 2 amide bonds. The number of carbonyl (C=O) groups excluding carboxylic acids is 1. The van der Waals surface area contributed by atoms with E-state index in [-0.39, 0.29) is 22.5 Å². The van der Waals surface area contributed by atoms with Gasteiger partial charge >= 0.3 is 6.03 Å². The summed E-state index contributed by atoms with van der Waals surface area (Å²) in [4.78, 5) is 18.6. The molecule has 3 aliphatic carbocycles. The van der Waals surface area contributed by atoms with Gasteiger partial charge in [-0.2, -0.15) is 5.26 Å². The number of carbonyl (C=O) groups is 1. The van der Waals surface area contributed by atoms with Gasteiger partial charge in [0.1, 0.15) is 5.82 Å². The average molecular weight is 563 g/mol. The Balaban J connectivity index is 1.14. The summed E-state index contributed by atoms with van der Waals surface area (Å²) in [6.07, 6.45) is 13.1. The first-order valence-corrected chi connectivity index (χ1v) is 15.6. The van der Waals surface area contributed by atoms with Gasteiger partial charge in [-0.15, -0.1) is 0 Å². The lowest BCUT2D eigenvalue weighted by Gasteiger charge is -2.42. The first-order valence-electron chi connectivity index (χ1n) is 15.2. The molecule has 1 saturated heterocycles. The van der Waals surface area contributed by atoms with Gasteiger partial charge in [0.05, 0.1) is 16.7 Å². The molecule has 4 fully saturated rings. The lowest BCUT2D eigenvalue weighted by Crippen LogP contribution is -2.50. The van der Waals surface area contributed by atoms with Crippen LogP contribution in [0.15, 0.2) is 42.5 Å². The Hall–Kier alpha value is -2.62. The monoisotopic (exact) mass is 562 g/mol. The maximum Gasteiger partial charge on any atom is 0.322 e. The van der Waals surface area contributed by atoms with Gasteiger partial charge in [0.15, 0.2) is 0 Å². The van der Waals surface area contributed by atoms with Crippen molar-refractivity contribution in [3.05, 3.63) is 64.4 Å². The van der Waals surface area contributed by atoms with Crippen molar-refractivity contribution in [2.75, 3.05) is 25.0 Å². The second-order valence-corrected chi connectivity index (χ2v) is 13.1. The number of halogens is 2. The predicted molar refractivity (Wildman–Crippen MR) is 157 cm³/mol. The van der Waals surface area contributed by atoms with Crippen LogP contribution in [-0.2, 0) is 5.41 Å². The van der Waals surface area contributed by atoms with Crippen molar-refractivity contribution in [2.45, 2.75) is 88.1 Å². The van der Waals surface area contributed by atoms with Crippen LogP contribution in [0.5, 0.6) is 0 Å². The molecule has 1 aliphatic heterocycles. The summed E-state index contributed by atoms with van der Waals surface area (Å²) < 4.78 is 13.8. The molecule has 1 heterocycles. The largest absolute Gasteiger partial charge is 0.322 e. The van der Waals surface area contributed by atoms with E-state index in [0.717, 1.165) is 69.8 Å². The lowest BCUT2D eigenvalue weighted by atomic mass is 9.79. The zero-order valence-corrected chi connectivity index (χ0v) is 24.0. The third kappa shape index (κ3) is 5.74. The maximum atomic E-state index is 13.8. The normalized spacial score (nSPS) is 27.4. The number of likely N-dealkylation sites (tertiary alicyclic amines) is 1. The van der Waals surface area contributed by atoms with Crippen molar-refractivity contribution in [1.82, 2.24) is 9.80 Å². The van der Waals surface area contributed by atoms with Crippen molar-refractivity contribution in [1.29, 1.82) is 5.26 Å². The van der Waals surface area contributed by atoms with Crippen molar-refractivity contribution < 1.29 is 9.18 Å². The third-order valence-corrected chi connectivity index (χ3v) is 10.6. The van der Waals surface area contributed by atoms with Gasteiger partial charge in [-0.3, -0.25) is 0 Å². The summed E-state index contributed by atoms with van der Waals surface area (Å²) in [6, 6.07) is 15.6. The number of fused-ring (bicyclic) bond motifs is 1. The molecule has 1 N–H and O–H groups in total. The summed E-state index contributed by atoms with van der Waals surface area (Å²) in [6.45, 7) is 3.02. The molecule has 0 aromatic heterocycles. The van der Waals surface area contributed by atoms with Crippen LogP contribution in [0.1, 0.15) is 81.8 Å².